The van der Waals surface area contributed by atoms with Gasteiger partial charge in [0.15, 0.2) is 12.3 Å². The van der Waals surface area contributed by atoms with Crippen LogP contribution in [-0.4, -0.2) is 30.3 Å². The van der Waals surface area contributed by atoms with Crippen molar-refractivity contribution in [2.24, 2.45) is 11.3 Å². The SMILES string of the molecule is CC(C)C(=O)OC(NC(=O)OCc1ccccc1)C(C)(C)C(=O)OCCl. The second-order valence-corrected chi connectivity index (χ2v) is 6.66. The molecule has 0 aliphatic rings. The zero-order chi connectivity index (χ0) is 19.7. The summed E-state index contributed by atoms with van der Waals surface area (Å²) in [6, 6.07) is 8.71. The number of hydrogen-bond donors (Lipinski definition) is 1. The third kappa shape index (κ3) is 6.55. The number of carbonyl (C=O) groups excluding carboxylic acids is 3. The number of hydrogen-bond acceptors (Lipinski definition) is 6. The van der Waals surface area contributed by atoms with Crippen molar-refractivity contribution < 1.29 is 28.6 Å². The fourth-order valence-corrected chi connectivity index (χ4v) is 1.92. The van der Waals surface area contributed by atoms with Crippen molar-refractivity contribution in [3.8, 4) is 0 Å². The molecule has 7 nitrogen and oxygen atoms in total. The van der Waals surface area contributed by atoms with Gasteiger partial charge >= 0.3 is 18.0 Å². The van der Waals surface area contributed by atoms with E-state index < -0.39 is 35.6 Å². The van der Waals surface area contributed by atoms with Gasteiger partial charge in [-0.25, -0.2) is 4.79 Å². The molecule has 26 heavy (non-hydrogen) atoms. The predicted octanol–water partition coefficient (Wildman–Crippen LogP) is 3.20. The molecule has 0 aliphatic heterocycles. The molecular weight excluding hydrogens is 362 g/mol. The lowest BCUT2D eigenvalue weighted by Crippen LogP contribution is -2.52. The Morgan fingerprint density at radius 1 is 1.12 bits per heavy atom. The van der Waals surface area contributed by atoms with Crippen LogP contribution in [0.15, 0.2) is 30.3 Å². The third-order valence-corrected chi connectivity index (χ3v) is 3.64. The van der Waals surface area contributed by atoms with Gasteiger partial charge in [-0.15, -0.1) is 0 Å². The van der Waals surface area contributed by atoms with Gasteiger partial charge in [-0.05, 0) is 19.4 Å². The lowest BCUT2D eigenvalue weighted by atomic mass is 9.91. The molecule has 144 valence electrons. The molecule has 1 aromatic carbocycles. The van der Waals surface area contributed by atoms with Gasteiger partial charge in [-0.1, -0.05) is 55.8 Å². The Bertz CT molecular complexity index is 617. The van der Waals surface area contributed by atoms with Crippen LogP contribution in [0.3, 0.4) is 0 Å². The van der Waals surface area contributed by atoms with E-state index in [4.69, 9.17) is 25.8 Å². The van der Waals surface area contributed by atoms with E-state index in [1.165, 1.54) is 13.8 Å². The summed E-state index contributed by atoms with van der Waals surface area (Å²) in [6.07, 6.45) is -2.11. The zero-order valence-corrected chi connectivity index (χ0v) is 16.0. The molecule has 1 aromatic rings. The average Bonchev–Trinajstić information content (AvgIpc) is 2.60. The van der Waals surface area contributed by atoms with Crippen molar-refractivity contribution in [3.05, 3.63) is 35.9 Å². The smallest absolute Gasteiger partial charge is 0.410 e. The number of rotatable bonds is 8. The summed E-state index contributed by atoms with van der Waals surface area (Å²) in [6.45, 7) is 6.24. The Hall–Kier alpha value is -2.28. The van der Waals surface area contributed by atoms with Crippen LogP contribution in [-0.2, 0) is 30.4 Å². The van der Waals surface area contributed by atoms with Crippen LogP contribution in [0.1, 0.15) is 33.3 Å². The van der Waals surface area contributed by atoms with E-state index in [9.17, 15) is 14.4 Å². The number of alkyl halides is 1. The van der Waals surface area contributed by atoms with E-state index in [-0.39, 0.29) is 12.7 Å². The van der Waals surface area contributed by atoms with Gasteiger partial charge in [0, 0.05) is 0 Å². The van der Waals surface area contributed by atoms with Crippen molar-refractivity contribution in [1.82, 2.24) is 5.32 Å². The Labute approximate surface area is 157 Å². The van der Waals surface area contributed by atoms with E-state index in [0.29, 0.717) is 0 Å². The van der Waals surface area contributed by atoms with E-state index in [2.05, 4.69) is 5.32 Å². The van der Waals surface area contributed by atoms with E-state index in [1.54, 1.807) is 26.0 Å². The number of amides is 1. The van der Waals surface area contributed by atoms with E-state index in [1.807, 2.05) is 18.2 Å². The van der Waals surface area contributed by atoms with Gasteiger partial charge in [-0.2, -0.15) is 0 Å². The summed E-state index contributed by atoms with van der Waals surface area (Å²) in [5, 5.41) is 2.40. The number of alkyl carbamates (subject to hydrolysis) is 1. The van der Waals surface area contributed by atoms with E-state index >= 15 is 0 Å². The average molecular weight is 386 g/mol. The highest BCUT2D eigenvalue weighted by molar-refractivity contribution is 6.17. The fraction of sp³-hybridized carbons (Fsp3) is 0.500. The highest BCUT2D eigenvalue weighted by Crippen LogP contribution is 2.25. The molecule has 0 aromatic heterocycles. The number of carbonyl (C=O) groups is 3. The quantitative estimate of drug-likeness (QED) is 0.320. The molecule has 0 aliphatic carbocycles. The van der Waals surface area contributed by atoms with Crippen molar-refractivity contribution >= 4 is 29.6 Å². The monoisotopic (exact) mass is 385 g/mol. The van der Waals surface area contributed by atoms with Crippen molar-refractivity contribution in [3.63, 3.8) is 0 Å². The first-order chi connectivity index (χ1) is 12.2. The Balaban J connectivity index is 2.81. The van der Waals surface area contributed by atoms with Gasteiger partial charge in [-0.3, -0.25) is 14.9 Å². The molecular formula is C18H24ClNO6. The maximum absolute atomic E-state index is 12.1. The lowest BCUT2D eigenvalue weighted by molar-refractivity contribution is -0.173. The van der Waals surface area contributed by atoms with Gasteiger partial charge < -0.3 is 14.2 Å². The molecule has 0 spiro atoms. The summed E-state index contributed by atoms with van der Waals surface area (Å²) in [5.74, 6) is -1.75. The minimum absolute atomic E-state index is 0.0318. The second-order valence-electron chi connectivity index (χ2n) is 6.44. The Kier molecular flexibility index (Phi) is 8.38. The van der Waals surface area contributed by atoms with Gasteiger partial charge in [0.2, 0.25) is 0 Å². The molecule has 1 unspecified atom stereocenters. The van der Waals surface area contributed by atoms with Crippen LogP contribution >= 0.6 is 11.6 Å². The number of esters is 2. The highest BCUT2D eigenvalue weighted by atomic mass is 35.5. The molecule has 0 saturated carbocycles. The minimum Gasteiger partial charge on any atom is -0.449 e. The normalized spacial score (nSPS) is 12.2. The topological polar surface area (TPSA) is 90.9 Å². The van der Waals surface area contributed by atoms with Crippen LogP contribution in [0.4, 0.5) is 4.79 Å². The number of ether oxygens (including phenoxy) is 3. The highest BCUT2D eigenvalue weighted by Gasteiger charge is 2.43. The van der Waals surface area contributed by atoms with Gasteiger partial charge in [0.05, 0.1) is 5.92 Å². The van der Waals surface area contributed by atoms with Crippen LogP contribution in [0.5, 0.6) is 0 Å². The maximum atomic E-state index is 12.1. The molecule has 0 radical (unpaired) electrons. The van der Waals surface area contributed by atoms with Crippen LogP contribution in [0.2, 0.25) is 0 Å². The fourth-order valence-electron chi connectivity index (χ4n) is 1.82. The summed E-state index contributed by atoms with van der Waals surface area (Å²) in [7, 11) is 0. The molecule has 1 atom stereocenters. The molecule has 8 heteroatoms. The molecule has 0 bridgehead atoms. The molecule has 1 N–H and O–H groups in total. The standard InChI is InChI=1S/C18H24ClNO6/c1-12(2)14(21)26-15(18(3,4)16(22)25-11-19)20-17(23)24-10-13-8-6-5-7-9-13/h5-9,12,15H,10-11H2,1-4H3,(H,20,23). The summed E-state index contributed by atoms with van der Waals surface area (Å²) in [5.41, 5.74) is -0.579. The Morgan fingerprint density at radius 2 is 1.73 bits per heavy atom. The molecule has 0 saturated heterocycles. The molecule has 1 amide bonds. The Morgan fingerprint density at radius 3 is 2.27 bits per heavy atom. The first kappa shape index (κ1) is 21.8. The first-order valence-electron chi connectivity index (χ1n) is 8.09. The number of benzene rings is 1. The summed E-state index contributed by atoms with van der Waals surface area (Å²) in [4.78, 5) is 36.2. The van der Waals surface area contributed by atoms with E-state index in [0.717, 1.165) is 5.56 Å². The minimum atomic E-state index is -1.37. The summed E-state index contributed by atoms with van der Waals surface area (Å²) < 4.78 is 15.2. The maximum Gasteiger partial charge on any atom is 0.410 e. The second kappa shape index (κ2) is 10.0. The lowest BCUT2D eigenvalue weighted by Gasteiger charge is -2.32. The summed E-state index contributed by atoms with van der Waals surface area (Å²) >= 11 is 5.42. The predicted molar refractivity (Wildman–Crippen MR) is 95.1 cm³/mol. The number of halogens is 1. The third-order valence-electron chi connectivity index (χ3n) is 3.53. The van der Waals surface area contributed by atoms with Gasteiger partial charge in [0.1, 0.15) is 12.0 Å². The van der Waals surface area contributed by atoms with Crippen LogP contribution in [0.25, 0.3) is 0 Å². The molecule has 1 rings (SSSR count). The van der Waals surface area contributed by atoms with Gasteiger partial charge in [0.25, 0.3) is 0 Å². The van der Waals surface area contributed by atoms with Crippen molar-refractivity contribution in [1.29, 1.82) is 0 Å². The molecule has 0 fully saturated rings. The first-order valence-corrected chi connectivity index (χ1v) is 8.62. The van der Waals surface area contributed by atoms with Crippen LogP contribution < -0.4 is 5.32 Å². The largest absolute Gasteiger partial charge is 0.449 e. The van der Waals surface area contributed by atoms with Crippen molar-refractivity contribution in [2.75, 3.05) is 6.07 Å². The number of nitrogens with one attached hydrogen (secondary N) is 1. The van der Waals surface area contributed by atoms with Crippen LogP contribution in [0, 0.1) is 11.3 Å². The zero-order valence-electron chi connectivity index (χ0n) is 15.3. The van der Waals surface area contributed by atoms with Crippen molar-refractivity contribution in [2.45, 2.75) is 40.5 Å². The molecule has 0 heterocycles.